The van der Waals surface area contributed by atoms with Gasteiger partial charge in [0.2, 0.25) is 11.6 Å². The summed E-state index contributed by atoms with van der Waals surface area (Å²) < 4.78 is 0. The van der Waals surface area contributed by atoms with E-state index >= 15 is 0 Å². The number of nitrogens with one attached hydrogen (secondary N) is 1. The lowest BCUT2D eigenvalue weighted by Crippen LogP contribution is -2.28. The molecule has 0 fully saturated rings. The van der Waals surface area contributed by atoms with Gasteiger partial charge in [0.15, 0.2) is 0 Å². The van der Waals surface area contributed by atoms with Crippen molar-refractivity contribution in [1.29, 1.82) is 0 Å². The van der Waals surface area contributed by atoms with Crippen molar-refractivity contribution in [3.8, 4) is 0 Å². The maximum Gasteiger partial charge on any atom is 0.354 e. The maximum atomic E-state index is 11.3. The van der Waals surface area contributed by atoms with Crippen molar-refractivity contribution in [1.82, 2.24) is 9.97 Å². The van der Waals surface area contributed by atoms with Crippen LogP contribution in [0.3, 0.4) is 0 Å². The summed E-state index contributed by atoms with van der Waals surface area (Å²) in [5, 5.41) is 11.3. The van der Waals surface area contributed by atoms with Crippen molar-refractivity contribution in [2.24, 2.45) is 5.84 Å². The Balaban J connectivity index is 3.13. The number of nitro groups is 1. The van der Waals surface area contributed by atoms with Gasteiger partial charge in [0.1, 0.15) is 6.33 Å². The van der Waals surface area contributed by atoms with E-state index in [9.17, 15) is 10.1 Å². The average Bonchev–Trinajstić information content (AvgIpc) is 2.46. The van der Waals surface area contributed by atoms with Crippen LogP contribution in [-0.2, 0) is 0 Å². The zero-order valence-corrected chi connectivity index (χ0v) is 12.0. The van der Waals surface area contributed by atoms with E-state index in [2.05, 4.69) is 29.2 Å². The minimum Gasteiger partial charge on any atom is -0.351 e. The van der Waals surface area contributed by atoms with Crippen molar-refractivity contribution in [2.75, 3.05) is 23.4 Å². The second-order valence-corrected chi connectivity index (χ2v) is 4.49. The summed E-state index contributed by atoms with van der Waals surface area (Å²) in [6.45, 7) is 5.63. The fourth-order valence-electron chi connectivity index (χ4n) is 1.90. The molecule has 0 radical (unpaired) electrons. The van der Waals surface area contributed by atoms with Crippen molar-refractivity contribution in [3.63, 3.8) is 0 Å². The van der Waals surface area contributed by atoms with Crippen molar-refractivity contribution < 1.29 is 4.92 Å². The third-order valence-electron chi connectivity index (χ3n) is 2.98. The summed E-state index contributed by atoms with van der Waals surface area (Å²) in [5.41, 5.74) is 2.10. The predicted molar refractivity (Wildman–Crippen MR) is 78.5 cm³/mol. The topological polar surface area (TPSA) is 110 Å². The summed E-state index contributed by atoms with van der Waals surface area (Å²) in [4.78, 5) is 20.6. The number of aromatic nitrogens is 2. The molecule has 1 heterocycles. The highest BCUT2D eigenvalue weighted by Crippen LogP contribution is 2.31. The number of hydrazine groups is 1. The van der Waals surface area contributed by atoms with E-state index < -0.39 is 4.92 Å². The van der Waals surface area contributed by atoms with Gasteiger partial charge in [-0.3, -0.25) is 10.1 Å². The fourth-order valence-corrected chi connectivity index (χ4v) is 1.90. The highest BCUT2D eigenvalue weighted by molar-refractivity contribution is 5.69. The van der Waals surface area contributed by atoms with Gasteiger partial charge >= 0.3 is 5.69 Å². The fraction of sp³-hybridized carbons (Fsp3) is 0.667. The van der Waals surface area contributed by atoms with Gasteiger partial charge in [-0.2, -0.15) is 0 Å². The number of rotatable bonds is 9. The Morgan fingerprint density at radius 1 is 1.30 bits per heavy atom. The average molecular weight is 282 g/mol. The van der Waals surface area contributed by atoms with E-state index in [0.717, 1.165) is 38.8 Å². The van der Waals surface area contributed by atoms with Crippen LogP contribution in [0.2, 0.25) is 0 Å². The molecule has 0 bridgehead atoms. The summed E-state index contributed by atoms with van der Waals surface area (Å²) in [7, 11) is 0. The number of hydrogen-bond acceptors (Lipinski definition) is 7. The highest BCUT2D eigenvalue weighted by Gasteiger charge is 2.26. The van der Waals surface area contributed by atoms with E-state index in [-0.39, 0.29) is 11.5 Å². The van der Waals surface area contributed by atoms with Gasteiger partial charge in [-0.1, -0.05) is 26.7 Å². The van der Waals surface area contributed by atoms with Crippen LogP contribution in [0, 0.1) is 10.1 Å². The molecule has 1 aromatic rings. The lowest BCUT2D eigenvalue weighted by Gasteiger charge is -2.23. The van der Waals surface area contributed by atoms with Crippen molar-refractivity contribution >= 4 is 17.3 Å². The molecule has 1 rings (SSSR count). The lowest BCUT2D eigenvalue weighted by atomic mass is 10.2. The molecular weight excluding hydrogens is 260 g/mol. The van der Waals surface area contributed by atoms with Gasteiger partial charge in [-0.15, -0.1) is 0 Å². The quantitative estimate of drug-likeness (QED) is 0.405. The van der Waals surface area contributed by atoms with E-state index in [1.807, 2.05) is 4.90 Å². The van der Waals surface area contributed by atoms with Crippen molar-refractivity contribution in [2.45, 2.75) is 39.5 Å². The molecule has 0 aliphatic rings. The van der Waals surface area contributed by atoms with Crippen LogP contribution in [0.5, 0.6) is 0 Å². The highest BCUT2D eigenvalue weighted by atomic mass is 16.6. The SMILES string of the molecule is CCCCN(CCCC)c1ncnc(NN)c1[N+](=O)[O-]. The van der Waals surface area contributed by atoms with Gasteiger partial charge in [0.25, 0.3) is 0 Å². The van der Waals surface area contributed by atoms with Gasteiger partial charge in [0.05, 0.1) is 4.92 Å². The third-order valence-corrected chi connectivity index (χ3v) is 2.98. The number of nitrogens with zero attached hydrogens (tertiary/aromatic N) is 4. The molecule has 0 amide bonds. The molecule has 0 aromatic carbocycles. The zero-order valence-electron chi connectivity index (χ0n) is 12.0. The molecule has 8 heteroatoms. The van der Waals surface area contributed by atoms with Crippen LogP contribution in [0.25, 0.3) is 0 Å². The molecule has 0 saturated heterocycles. The first kappa shape index (κ1) is 16.1. The summed E-state index contributed by atoms with van der Waals surface area (Å²) in [6, 6.07) is 0. The molecule has 0 unspecified atom stereocenters. The molecule has 0 aliphatic heterocycles. The van der Waals surface area contributed by atoms with Crippen LogP contribution in [0.15, 0.2) is 6.33 Å². The van der Waals surface area contributed by atoms with E-state index in [1.165, 1.54) is 6.33 Å². The van der Waals surface area contributed by atoms with Gasteiger partial charge in [-0.05, 0) is 12.8 Å². The first-order valence-electron chi connectivity index (χ1n) is 6.86. The van der Waals surface area contributed by atoms with Crippen LogP contribution in [-0.4, -0.2) is 28.0 Å². The van der Waals surface area contributed by atoms with E-state index in [1.54, 1.807) is 0 Å². The predicted octanol–water partition coefficient (Wildman–Crippen LogP) is 2.08. The Morgan fingerprint density at radius 2 is 1.90 bits per heavy atom. The molecule has 8 nitrogen and oxygen atoms in total. The number of hydrogen-bond donors (Lipinski definition) is 2. The first-order valence-corrected chi connectivity index (χ1v) is 6.86. The number of nitrogen functional groups attached to an aromatic ring is 1. The first-order chi connectivity index (χ1) is 9.65. The molecule has 0 saturated carbocycles. The Hall–Kier alpha value is -1.96. The second-order valence-electron chi connectivity index (χ2n) is 4.49. The summed E-state index contributed by atoms with van der Waals surface area (Å²) in [6.07, 6.45) is 5.24. The minimum atomic E-state index is -0.491. The summed E-state index contributed by atoms with van der Waals surface area (Å²) in [5.74, 6) is 5.67. The molecule has 0 spiro atoms. The van der Waals surface area contributed by atoms with Crippen molar-refractivity contribution in [3.05, 3.63) is 16.4 Å². The molecular formula is C12H22N6O2. The Kier molecular flexibility index (Phi) is 6.65. The van der Waals surface area contributed by atoms with Gasteiger partial charge in [0, 0.05) is 13.1 Å². The number of nitrogens with two attached hydrogens (primary N) is 1. The van der Waals surface area contributed by atoms with Gasteiger partial charge < -0.3 is 10.3 Å². The third kappa shape index (κ3) is 4.02. The number of anilines is 2. The zero-order chi connectivity index (χ0) is 15.0. The molecule has 1 aromatic heterocycles. The van der Waals surface area contributed by atoms with E-state index in [4.69, 9.17) is 5.84 Å². The molecule has 112 valence electrons. The largest absolute Gasteiger partial charge is 0.354 e. The van der Waals surface area contributed by atoms with Crippen LogP contribution in [0.1, 0.15) is 39.5 Å². The van der Waals surface area contributed by atoms with Crippen LogP contribution < -0.4 is 16.2 Å². The molecule has 0 aliphatic carbocycles. The van der Waals surface area contributed by atoms with Crippen LogP contribution in [0.4, 0.5) is 17.3 Å². The number of unbranched alkanes of at least 4 members (excludes halogenated alkanes) is 2. The Morgan fingerprint density at radius 3 is 2.35 bits per heavy atom. The maximum absolute atomic E-state index is 11.3. The second kappa shape index (κ2) is 8.26. The lowest BCUT2D eigenvalue weighted by molar-refractivity contribution is -0.383. The van der Waals surface area contributed by atoms with Crippen LogP contribution >= 0.6 is 0 Å². The normalized spacial score (nSPS) is 10.3. The molecule has 0 atom stereocenters. The van der Waals surface area contributed by atoms with E-state index in [0.29, 0.717) is 5.82 Å². The van der Waals surface area contributed by atoms with Gasteiger partial charge in [-0.25, -0.2) is 15.8 Å². The summed E-state index contributed by atoms with van der Waals surface area (Å²) >= 11 is 0. The monoisotopic (exact) mass is 282 g/mol. The standard InChI is InChI=1S/C12H22N6O2/c1-3-5-7-17(8-6-4-2)12-10(18(19)20)11(16-13)14-9-15-12/h9H,3-8,13H2,1-2H3,(H,14,15,16). The molecule has 20 heavy (non-hydrogen) atoms. The Bertz CT molecular complexity index is 432. The molecule has 3 N–H and O–H groups in total. The minimum absolute atomic E-state index is 0.0398. The smallest absolute Gasteiger partial charge is 0.351 e. The Labute approximate surface area is 118 Å².